The molecule has 1 heterocycles. The number of aromatic nitrogens is 2. The van der Waals surface area contributed by atoms with Crippen LogP contribution in [0.5, 0.6) is 17.2 Å². The largest absolute Gasteiger partial charge is 0.493 e. The zero-order valence-corrected chi connectivity index (χ0v) is 20.8. The molecular weight excluding hydrogens is 448 g/mol. The molecule has 1 atom stereocenters. The Balaban J connectivity index is 2.18. The highest BCUT2D eigenvalue weighted by Crippen LogP contribution is 2.40. The van der Waals surface area contributed by atoms with Gasteiger partial charge in [0.1, 0.15) is 5.75 Å². The number of benzene rings is 2. The minimum atomic E-state index is -0.908. The fourth-order valence-electron chi connectivity index (χ4n) is 3.84. The number of aliphatic hydroxyl groups is 1. The van der Waals surface area contributed by atoms with Gasteiger partial charge in [-0.15, -0.1) is 0 Å². The molecule has 0 saturated heterocycles. The average molecular weight is 483 g/mol. The molecule has 8 heteroatoms. The van der Waals surface area contributed by atoms with Crippen LogP contribution in [0, 0.1) is 0 Å². The van der Waals surface area contributed by atoms with Crippen molar-refractivity contribution < 1.29 is 29.2 Å². The van der Waals surface area contributed by atoms with E-state index in [-0.39, 0.29) is 13.0 Å². The Morgan fingerprint density at radius 1 is 1.06 bits per heavy atom. The van der Waals surface area contributed by atoms with Crippen LogP contribution in [0.4, 0.5) is 0 Å². The van der Waals surface area contributed by atoms with Gasteiger partial charge in [-0.3, -0.25) is 9.48 Å². The first-order valence-corrected chi connectivity index (χ1v) is 11.9. The Labute approximate surface area is 206 Å². The molecule has 0 amide bonds. The van der Waals surface area contributed by atoms with Crippen LogP contribution in [0.25, 0.3) is 22.5 Å². The molecule has 2 N–H and O–H groups in total. The fourth-order valence-corrected chi connectivity index (χ4v) is 3.84. The summed E-state index contributed by atoms with van der Waals surface area (Å²) < 4.78 is 18.9. The minimum absolute atomic E-state index is 0.103. The van der Waals surface area contributed by atoms with Crippen molar-refractivity contribution in [1.82, 2.24) is 9.78 Å². The summed E-state index contributed by atoms with van der Waals surface area (Å²) in [6.07, 6.45) is 1.78. The lowest BCUT2D eigenvalue weighted by Crippen LogP contribution is -2.16. The molecule has 2 aromatic carbocycles. The van der Waals surface area contributed by atoms with Gasteiger partial charge in [0, 0.05) is 11.1 Å². The van der Waals surface area contributed by atoms with Crippen LogP contribution in [-0.2, 0) is 17.8 Å². The monoisotopic (exact) mass is 482 g/mol. The van der Waals surface area contributed by atoms with Crippen molar-refractivity contribution >= 4 is 5.97 Å². The molecule has 3 aromatic rings. The smallest absolute Gasteiger partial charge is 0.307 e. The van der Waals surface area contributed by atoms with Gasteiger partial charge in [0.05, 0.1) is 51.3 Å². The van der Waals surface area contributed by atoms with Gasteiger partial charge in [0.25, 0.3) is 0 Å². The van der Waals surface area contributed by atoms with Crippen LogP contribution < -0.4 is 14.2 Å². The molecule has 0 radical (unpaired) electrons. The zero-order chi connectivity index (χ0) is 25.4. The molecule has 0 aliphatic heterocycles. The van der Waals surface area contributed by atoms with E-state index in [0.29, 0.717) is 47.1 Å². The topological polar surface area (TPSA) is 103 Å². The van der Waals surface area contributed by atoms with Gasteiger partial charge in [-0.05, 0) is 48.7 Å². The summed E-state index contributed by atoms with van der Waals surface area (Å²) in [6.45, 7) is 4.84. The number of carbonyl (C=O) groups is 1. The van der Waals surface area contributed by atoms with E-state index in [0.717, 1.165) is 24.1 Å². The Bertz CT molecular complexity index is 1140. The highest BCUT2D eigenvalue weighted by atomic mass is 16.5. The van der Waals surface area contributed by atoms with Gasteiger partial charge in [-0.1, -0.05) is 32.4 Å². The summed E-state index contributed by atoms with van der Waals surface area (Å²) in [7, 11) is 3.16. The molecule has 0 unspecified atom stereocenters. The lowest BCUT2D eigenvalue weighted by Gasteiger charge is -2.15. The quantitative estimate of drug-likeness (QED) is 0.337. The van der Waals surface area contributed by atoms with Crippen molar-refractivity contribution in [3.8, 4) is 39.8 Å². The normalized spacial score (nSPS) is 11.8. The van der Waals surface area contributed by atoms with Gasteiger partial charge < -0.3 is 24.4 Å². The zero-order valence-electron chi connectivity index (χ0n) is 20.8. The number of aliphatic carboxylic acids is 1. The van der Waals surface area contributed by atoms with Crippen molar-refractivity contribution in [3.63, 3.8) is 0 Å². The molecule has 8 nitrogen and oxygen atoms in total. The number of unbranched alkanes of at least 4 members (excludes halogenated alkanes) is 1. The predicted molar refractivity (Wildman–Crippen MR) is 134 cm³/mol. The number of methoxy groups -OCH3 is 2. The maximum Gasteiger partial charge on any atom is 0.307 e. The van der Waals surface area contributed by atoms with E-state index in [1.54, 1.807) is 31.0 Å². The maximum atomic E-state index is 11.3. The van der Waals surface area contributed by atoms with Crippen LogP contribution in [0.3, 0.4) is 0 Å². The van der Waals surface area contributed by atoms with E-state index in [4.69, 9.17) is 19.3 Å². The number of carboxylic acid groups (broad SMARTS) is 1. The highest BCUT2D eigenvalue weighted by molar-refractivity contribution is 5.78. The van der Waals surface area contributed by atoms with Gasteiger partial charge in [-0.25, -0.2) is 0 Å². The van der Waals surface area contributed by atoms with Crippen molar-refractivity contribution in [2.75, 3.05) is 20.8 Å². The summed E-state index contributed by atoms with van der Waals surface area (Å²) >= 11 is 0. The lowest BCUT2D eigenvalue weighted by atomic mass is 10.0. The van der Waals surface area contributed by atoms with E-state index < -0.39 is 12.1 Å². The second kappa shape index (κ2) is 12.3. The van der Waals surface area contributed by atoms with Crippen molar-refractivity contribution in [2.45, 2.75) is 52.2 Å². The standard InChI is InChI=1S/C27H34N2O6/c1-5-7-13-35-24-12-11-18(15-26(31)32)14-21(24)22-16-23(29(28-22)17-19(30)6-2)20-9-8-10-25(33-3)27(20)34-4/h8-12,14,16,19,30H,5-7,13,15,17H2,1-4H3,(H,31,32)/t19-/m0/s1. The van der Waals surface area contributed by atoms with E-state index in [2.05, 4.69) is 6.92 Å². The Morgan fingerprint density at radius 2 is 1.86 bits per heavy atom. The second-order valence-electron chi connectivity index (χ2n) is 8.30. The average Bonchev–Trinajstić information content (AvgIpc) is 3.27. The van der Waals surface area contributed by atoms with Crippen molar-refractivity contribution in [3.05, 3.63) is 48.0 Å². The first kappa shape index (κ1) is 26.1. The third kappa shape index (κ3) is 6.33. The molecule has 1 aromatic heterocycles. The molecular formula is C27H34N2O6. The van der Waals surface area contributed by atoms with Crippen molar-refractivity contribution in [1.29, 1.82) is 0 Å². The van der Waals surface area contributed by atoms with Crippen LogP contribution in [0.2, 0.25) is 0 Å². The van der Waals surface area contributed by atoms with Gasteiger partial charge in [-0.2, -0.15) is 5.10 Å². The SMILES string of the molecule is CCCCOc1ccc(CC(=O)O)cc1-c1cc(-c2cccc(OC)c2OC)n(C[C@@H](O)CC)n1. The van der Waals surface area contributed by atoms with Crippen LogP contribution in [0.1, 0.15) is 38.7 Å². The number of para-hydroxylation sites is 1. The predicted octanol–water partition coefficient (Wildman–Crippen LogP) is 4.81. The van der Waals surface area contributed by atoms with Gasteiger partial charge in [0.15, 0.2) is 11.5 Å². The third-order valence-electron chi connectivity index (χ3n) is 5.74. The van der Waals surface area contributed by atoms with E-state index in [1.165, 1.54) is 0 Å². The maximum absolute atomic E-state index is 11.3. The molecule has 3 rings (SSSR count). The number of aliphatic hydroxyl groups excluding tert-OH is 1. The van der Waals surface area contributed by atoms with Crippen molar-refractivity contribution in [2.24, 2.45) is 0 Å². The molecule has 0 aliphatic rings. The summed E-state index contributed by atoms with van der Waals surface area (Å²) in [5, 5.41) is 24.5. The van der Waals surface area contributed by atoms with E-state index >= 15 is 0 Å². The van der Waals surface area contributed by atoms with E-state index in [9.17, 15) is 15.0 Å². The highest BCUT2D eigenvalue weighted by Gasteiger charge is 2.21. The first-order chi connectivity index (χ1) is 16.9. The minimum Gasteiger partial charge on any atom is -0.493 e. The molecule has 0 fully saturated rings. The first-order valence-electron chi connectivity index (χ1n) is 11.9. The summed E-state index contributed by atoms with van der Waals surface area (Å²) in [6, 6.07) is 12.9. The van der Waals surface area contributed by atoms with Crippen LogP contribution in [-0.4, -0.2) is 52.9 Å². The fraction of sp³-hybridized carbons (Fsp3) is 0.407. The van der Waals surface area contributed by atoms with Gasteiger partial charge >= 0.3 is 5.97 Å². The summed E-state index contributed by atoms with van der Waals surface area (Å²) in [4.78, 5) is 11.3. The second-order valence-corrected chi connectivity index (χ2v) is 8.30. The molecule has 35 heavy (non-hydrogen) atoms. The summed E-state index contributed by atoms with van der Waals surface area (Å²) in [5.74, 6) is 0.876. The number of hydrogen-bond acceptors (Lipinski definition) is 6. The molecule has 0 aliphatic carbocycles. The van der Waals surface area contributed by atoms with Crippen LogP contribution >= 0.6 is 0 Å². The molecule has 188 valence electrons. The number of nitrogens with zero attached hydrogens (tertiary/aromatic N) is 2. The third-order valence-corrected chi connectivity index (χ3v) is 5.74. The lowest BCUT2D eigenvalue weighted by molar-refractivity contribution is -0.136. The number of hydrogen-bond donors (Lipinski definition) is 2. The Kier molecular flexibility index (Phi) is 9.14. The van der Waals surface area contributed by atoms with Gasteiger partial charge in [0.2, 0.25) is 0 Å². The Morgan fingerprint density at radius 3 is 2.51 bits per heavy atom. The molecule has 0 spiro atoms. The number of carboxylic acids is 1. The van der Waals surface area contributed by atoms with E-state index in [1.807, 2.05) is 37.3 Å². The summed E-state index contributed by atoms with van der Waals surface area (Å²) in [5.41, 5.74) is 3.48. The number of ether oxygens (including phenoxy) is 3. The molecule has 0 saturated carbocycles. The molecule has 0 bridgehead atoms. The van der Waals surface area contributed by atoms with Crippen LogP contribution in [0.15, 0.2) is 42.5 Å². The number of rotatable bonds is 13. The Hall–Kier alpha value is -3.52.